The molecule has 11 heteroatoms. The molecule has 9 nitrogen and oxygen atoms in total. The van der Waals surface area contributed by atoms with Crippen LogP contribution in [-0.4, -0.2) is 63.2 Å². The predicted octanol–water partition coefficient (Wildman–Crippen LogP) is 2.47. The molecule has 0 amide bonds. The highest BCUT2D eigenvalue weighted by molar-refractivity contribution is 7.88. The zero-order valence-corrected chi connectivity index (χ0v) is 20.3. The van der Waals surface area contributed by atoms with E-state index in [0.29, 0.717) is 16.9 Å². The molecule has 178 valence electrons. The van der Waals surface area contributed by atoms with Gasteiger partial charge in [0.15, 0.2) is 16.7 Å². The van der Waals surface area contributed by atoms with E-state index in [2.05, 4.69) is 29.9 Å². The number of anilines is 1. The highest BCUT2D eigenvalue weighted by Crippen LogP contribution is 2.33. The Morgan fingerprint density at radius 3 is 2.97 bits per heavy atom. The van der Waals surface area contributed by atoms with E-state index in [1.54, 1.807) is 7.11 Å². The molecule has 0 spiro atoms. The number of benzene rings is 1. The summed E-state index contributed by atoms with van der Waals surface area (Å²) in [6.07, 6.45) is 6.37. The van der Waals surface area contributed by atoms with Crippen molar-refractivity contribution in [2.24, 2.45) is 0 Å². The van der Waals surface area contributed by atoms with Gasteiger partial charge in [-0.25, -0.2) is 23.1 Å². The number of methoxy groups -OCH3 is 1. The highest BCUT2D eigenvalue weighted by atomic mass is 35.5. The predicted molar refractivity (Wildman–Crippen MR) is 131 cm³/mol. The van der Waals surface area contributed by atoms with Crippen molar-refractivity contribution in [3.63, 3.8) is 0 Å². The monoisotopic (exact) mass is 492 g/mol. The second kappa shape index (κ2) is 10.3. The molecule has 1 aliphatic rings. The number of rotatable bonds is 10. The zero-order chi connectivity index (χ0) is 23.4. The molecule has 3 N–H and O–H groups in total. The Labute approximate surface area is 198 Å². The molecule has 1 aliphatic heterocycles. The van der Waals surface area contributed by atoms with Crippen LogP contribution in [0.3, 0.4) is 0 Å². The molecule has 3 heterocycles. The third-order valence-corrected chi connectivity index (χ3v) is 7.59. The van der Waals surface area contributed by atoms with Crippen LogP contribution in [0.2, 0.25) is 5.15 Å². The Morgan fingerprint density at radius 1 is 1.33 bits per heavy atom. The summed E-state index contributed by atoms with van der Waals surface area (Å²) in [7, 11) is -0.284. The number of hydrogen-bond donors (Lipinski definition) is 3. The van der Waals surface area contributed by atoms with Crippen molar-refractivity contribution >= 4 is 38.3 Å². The van der Waals surface area contributed by atoms with Gasteiger partial charge in [0.1, 0.15) is 6.33 Å². The number of sulfonamides is 1. The Bertz CT molecular complexity index is 1220. The number of nitrogens with one attached hydrogen (secondary N) is 3. The quantitative estimate of drug-likeness (QED) is 0.294. The van der Waals surface area contributed by atoms with Gasteiger partial charge in [0.2, 0.25) is 10.0 Å². The van der Waals surface area contributed by atoms with Gasteiger partial charge < -0.3 is 19.9 Å². The van der Waals surface area contributed by atoms with Crippen molar-refractivity contribution in [3.8, 4) is 5.75 Å². The number of nitrogens with zero attached hydrogens (tertiary/aromatic N) is 3. The summed E-state index contributed by atoms with van der Waals surface area (Å²) in [5.74, 6) is 1.23. The Morgan fingerprint density at radius 2 is 2.18 bits per heavy atom. The van der Waals surface area contributed by atoms with E-state index in [1.807, 2.05) is 24.4 Å². The zero-order valence-electron chi connectivity index (χ0n) is 18.8. The second-order valence-corrected chi connectivity index (χ2v) is 10.5. The lowest BCUT2D eigenvalue weighted by Gasteiger charge is -2.20. The van der Waals surface area contributed by atoms with Crippen LogP contribution in [0.1, 0.15) is 24.0 Å². The summed E-state index contributed by atoms with van der Waals surface area (Å²) >= 11 is 6.13. The minimum absolute atomic E-state index is 0.0217. The first-order valence-corrected chi connectivity index (χ1v) is 13.0. The molecule has 3 aromatic rings. The van der Waals surface area contributed by atoms with Gasteiger partial charge in [0.25, 0.3) is 0 Å². The number of halogens is 1. The van der Waals surface area contributed by atoms with Crippen molar-refractivity contribution in [2.75, 3.05) is 38.7 Å². The summed E-state index contributed by atoms with van der Waals surface area (Å²) in [6, 6.07) is 6.13. The van der Waals surface area contributed by atoms with Crippen LogP contribution in [0.5, 0.6) is 5.75 Å². The van der Waals surface area contributed by atoms with Gasteiger partial charge in [-0.1, -0.05) is 17.7 Å². The van der Waals surface area contributed by atoms with Crippen LogP contribution >= 0.6 is 11.6 Å². The first kappa shape index (κ1) is 23.7. The molecule has 1 saturated heterocycles. The third kappa shape index (κ3) is 5.57. The molecule has 0 radical (unpaired) electrons. The van der Waals surface area contributed by atoms with Crippen molar-refractivity contribution in [2.45, 2.75) is 31.1 Å². The van der Waals surface area contributed by atoms with E-state index in [1.165, 1.54) is 18.9 Å². The minimum atomic E-state index is -3.30. The fourth-order valence-electron chi connectivity index (χ4n) is 4.26. The molecule has 33 heavy (non-hydrogen) atoms. The molecular formula is C22H29ClN6O3S. The molecule has 1 atom stereocenters. The average Bonchev–Trinajstić information content (AvgIpc) is 3.43. The number of hydrogen-bond acceptors (Lipinski definition) is 7. The van der Waals surface area contributed by atoms with Crippen molar-refractivity contribution in [3.05, 3.63) is 47.0 Å². The number of fused-ring (bicyclic) bond motifs is 1. The second-order valence-electron chi connectivity index (χ2n) is 8.17. The third-order valence-electron chi connectivity index (χ3n) is 5.99. The van der Waals surface area contributed by atoms with Gasteiger partial charge in [0, 0.05) is 36.2 Å². The van der Waals surface area contributed by atoms with Crippen molar-refractivity contribution in [1.82, 2.24) is 25.0 Å². The molecule has 4 rings (SSSR count). The SMILES string of the molecule is CNS(=O)(=O)Cc1ccc2[nH]cc(CCCNC3CCN(c4ncnc(Cl)c4OC)C3)c2c1. The number of H-pyrrole nitrogens is 1. The summed E-state index contributed by atoms with van der Waals surface area (Å²) in [5.41, 5.74) is 3.00. The van der Waals surface area contributed by atoms with E-state index >= 15 is 0 Å². The first-order chi connectivity index (χ1) is 15.9. The lowest BCUT2D eigenvalue weighted by Crippen LogP contribution is -2.33. The van der Waals surface area contributed by atoms with Gasteiger partial charge in [-0.2, -0.15) is 0 Å². The smallest absolute Gasteiger partial charge is 0.215 e. The minimum Gasteiger partial charge on any atom is -0.490 e. The fourth-order valence-corrected chi connectivity index (χ4v) is 5.23. The maximum absolute atomic E-state index is 11.9. The largest absolute Gasteiger partial charge is 0.490 e. The van der Waals surface area contributed by atoms with E-state index in [-0.39, 0.29) is 5.75 Å². The number of aromatic amines is 1. The lowest BCUT2D eigenvalue weighted by atomic mass is 10.1. The Balaban J connectivity index is 1.30. The first-order valence-electron chi connectivity index (χ1n) is 10.9. The molecule has 0 bridgehead atoms. The Hall–Kier alpha value is -2.40. The lowest BCUT2D eigenvalue weighted by molar-refractivity contribution is 0.411. The summed E-state index contributed by atoms with van der Waals surface area (Å²) in [6.45, 7) is 2.60. The average molecular weight is 493 g/mol. The topological polar surface area (TPSA) is 112 Å². The summed E-state index contributed by atoms with van der Waals surface area (Å²) < 4.78 is 31.5. The van der Waals surface area contributed by atoms with Crippen molar-refractivity contribution < 1.29 is 13.2 Å². The number of aryl methyl sites for hydroxylation is 1. The van der Waals surface area contributed by atoms with Gasteiger partial charge in [-0.15, -0.1) is 0 Å². The van der Waals surface area contributed by atoms with E-state index < -0.39 is 10.0 Å². The maximum atomic E-state index is 11.9. The highest BCUT2D eigenvalue weighted by Gasteiger charge is 2.26. The maximum Gasteiger partial charge on any atom is 0.215 e. The van der Waals surface area contributed by atoms with Crippen LogP contribution in [0.25, 0.3) is 10.9 Å². The standard InChI is InChI=1S/C22H29ClN6O3S/c1-24-33(30,31)13-15-5-6-19-18(10-15)16(11-26-19)4-3-8-25-17-7-9-29(12-17)22-20(32-2)21(23)27-14-28-22/h5-6,10-11,14,17,24-26H,3-4,7-9,12-13H2,1-2H3. The van der Waals surface area contributed by atoms with Crippen LogP contribution in [0.4, 0.5) is 5.82 Å². The molecule has 2 aromatic heterocycles. The fraction of sp³-hybridized carbons (Fsp3) is 0.455. The van der Waals surface area contributed by atoms with Gasteiger partial charge in [-0.3, -0.25) is 0 Å². The normalized spacial score (nSPS) is 16.6. The number of ether oxygens (including phenoxy) is 1. The molecular weight excluding hydrogens is 464 g/mol. The molecule has 1 unspecified atom stereocenters. The molecule has 1 aromatic carbocycles. The van der Waals surface area contributed by atoms with Gasteiger partial charge in [0.05, 0.1) is 12.9 Å². The van der Waals surface area contributed by atoms with Gasteiger partial charge >= 0.3 is 0 Å². The number of aromatic nitrogens is 3. The molecule has 1 fully saturated rings. The Kier molecular flexibility index (Phi) is 7.38. The molecule has 0 aliphatic carbocycles. The van der Waals surface area contributed by atoms with E-state index in [0.717, 1.165) is 61.2 Å². The summed E-state index contributed by atoms with van der Waals surface area (Å²) in [4.78, 5) is 13.8. The van der Waals surface area contributed by atoms with Crippen LogP contribution in [0.15, 0.2) is 30.7 Å². The van der Waals surface area contributed by atoms with E-state index in [9.17, 15) is 8.42 Å². The van der Waals surface area contributed by atoms with Crippen LogP contribution < -0.4 is 19.7 Å². The van der Waals surface area contributed by atoms with Crippen LogP contribution in [-0.2, 0) is 22.2 Å². The van der Waals surface area contributed by atoms with Gasteiger partial charge in [-0.05, 0) is 56.1 Å². The summed E-state index contributed by atoms with van der Waals surface area (Å²) in [5, 5.41) is 5.04. The van der Waals surface area contributed by atoms with Crippen LogP contribution in [0, 0.1) is 0 Å². The van der Waals surface area contributed by atoms with Crippen molar-refractivity contribution in [1.29, 1.82) is 0 Å². The van der Waals surface area contributed by atoms with E-state index in [4.69, 9.17) is 16.3 Å². The molecule has 0 saturated carbocycles.